The van der Waals surface area contributed by atoms with Crippen molar-refractivity contribution in [2.45, 2.75) is 13.8 Å². The Morgan fingerprint density at radius 2 is 2.18 bits per heavy atom. The van der Waals surface area contributed by atoms with Crippen LogP contribution in [0.4, 0.5) is 0 Å². The van der Waals surface area contributed by atoms with Crippen LogP contribution in [0.1, 0.15) is 11.4 Å². The van der Waals surface area contributed by atoms with Crippen LogP contribution in [0.25, 0.3) is 0 Å². The summed E-state index contributed by atoms with van der Waals surface area (Å²) in [5, 5.41) is 7.57. The van der Waals surface area contributed by atoms with E-state index in [2.05, 4.69) is 10.4 Å². The predicted octanol–water partition coefficient (Wildman–Crippen LogP) is 0.153. The molecule has 0 aromatic carbocycles. The predicted molar refractivity (Wildman–Crippen MR) is 42.8 cm³/mol. The smallest absolute Gasteiger partial charge is 0.165 e. The highest BCUT2D eigenvalue weighted by Crippen LogP contribution is 1.88. The van der Waals surface area contributed by atoms with Gasteiger partial charge in [0.25, 0.3) is 0 Å². The Morgan fingerprint density at radius 1 is 1.55 bits per heavy atom. The first-order chi connectivity index (χ1) is 5.16. The Hall–Kier alpha value is -1.32. The van der Waals surface area contributed by atoms with Gasteiger partial charge in [-0.1, -0.05) is 0 Å². The second-order valence-corrected chi connectivity index (χ2v) is 2.39. The van der Waals surface area contributed by atoms with Crippen LogP contribution in [-0.4, -0.2) is 16.7 Å². The first-order valence-electron chi connectivity index (χ1n) is 3.44. The molecular weight excluding hydrogens is 140 g/mol. The highest BCUT2D eigenvalue weighted by Gasteiger charge is 1.97. The first-order valence-corrected chi connectivity index (χ1v) is 3.44. The van der Waals surface area contributed by atoms with Gasteiger partial charge in [0.05, 0.1) is 11.4 Å². The molecule has 11 heavy (non-hydrogen) atoms. The largest absolute Gasteiger partial charge is 0.327 e. The molecule has 0 saturated heterocycles. The number of hydrogen-bond donors (Lipinski definition) is 2. The Balaban J connectivity index is 3.41. The Morgan fingerprint density at radius 3 is 2.64 bits per heavy atom. The van der Waals surface area contributed by atoms with Gasteiger partial charge in [0, 0.05) is 13.2 Å². The molecule has 1 aromatic rings. The van der Waals surface area contributed by atoms with E-state index in [4.69, 9.17) is 5.41 Å². The molecular formula is C7H12N4. The van der Waals surface area contributed by atoms with Crippen LogP contribution in [-0.2, 0) is 0 Å². The third kappa shape index (κ3) is 1.24. The van der Waals surface area contributed by atoms with E-state index in [1.165, 1.54) is 0 Å². The SMILES string of the molecule is CNn1c(C)cnc(C)c1=N. The lowest BCUT2D eigenvalue weighted by Gasteiger charge is -2.09. The summed E-state index contributed by atoms with van der Waals surface area (Å²) >= 11 is 0. The van der Waals surface area contributed by atoms with Gasteiger partial charge >= 0.3 is 0 Å². The summed E-state index contributed by atoms with van der Waals surface area (Å²) in [4.78, 5) is 4.04. The number of nitrogens with zero attached hydrogens (tertiary/aromatic N) is 2. The average Bonchev–Trinajstić information content (AvgIpc) is 1.99. The number of aromatic nitrogens is 2. The molecule has 0 saturated carbocycles. The monoisotopic (exact) mass is 152 g/mol. The minimum absolute atomic E-state index is 0.410. The lowest BCUT2D eigenvalue weighted by atomic mass is 10.4. The maximum Gasteiger partial charge on any atom is 0.165 e. The fourth-order valence-electron chi connectivity index (χ4n) is 0.935. The molecule has 0 fully saturated rings. The van der Waals surface area contributed by atoms with E-state index in [1.807, 2.05) is 13.8 Å². The summed E-state index contributed by atoms with van der Waals surface area (Å²) in [6.45, 7) is 3.72. The minimum Gasteiger partial charge on any atom is -0.327 e. The summed E-state index contributed by atoms with van der Waals surface area (Å²) in [6.07, 6.45) is 1.74. The Kier molecular flexibility index (Phi) is 1.94. The van der Waals surface area contributed by atoms with Gasteiger partial charge in [0.2, 0.25) is 0 Å². The van der Waals surface area contributed by atoms with Crippen molar-refractivity contribution in [3.8, 4) is 0 Å². The zero-order chi connectivity index (χ0) is 8.43. The normalized spacial score (nSPS) is 9.73. The third-order valence-corrected chi connectivity index (χ3v) is 1.59. The summed E-state index contributed by atoms with van der Waals surface area (Å²) in [5.74, 6) is 0. The summed E-state index contributed by atoms with van der Waals surface area (Å²) in [6, 6.07) is 0. The first kappa shape index (κ1) is 7.78. The lowest BCUT2D eigenvalue weighted by molar-refractivity contribution is 0.760. The van der Waals surface area contributed by atoms with Gasteiger partial charge in [-0.2, -0.15) is 0 Å². The number of hydrogen-bond acceptors (Lipinski definition) is 3. The Bertz CT molecular complexity index is 313. The second-order valence-electron chi connectivity index (χ2n) is 2.39. The van der Waals surface area contributed by atoms with Crippen molar-refractivity contribution in [1.82, 2.24) is 9.66 Å². The summed E-state index contributed by atoms with van der Waals surface area (Å²) in [7, 11) is 1.78. The molecule has 4 nitrogen and oxygen atoms in total. The van der Waals surface area contributed by atoms with Gasteiger partial charge in [-0.3, -0.25) is 10.4 Å². The van der Waals surface area contributed by atoms with Crippen molar-refractivity contribution in [2.75, 3.05) is 12.5 Å². The van der Waals surface area contributed by atoms with Crippen LogP contribution in [0, 0.1) is 19.3 Å². The number of aryl methyl sites for hydroxylation is 2. The van der Waals surface area contributed by atoms with Crippen LogP contribution < -0.4 is 10.9 Å². The van der Waals surface area contributed by atoms with Crippen molar-refractivity contribution >= 4 is 0 Å². The van der Waals surface area contributed by atoms with Crippen molar-refractivity contribution in [3.63, 3.8) is 0 Å². The van der Waals surface area contributed by atoms with Crippen LogP contribution in [0.3, 0.4) is 0 Å². The standard InChI is InChI=1S/C7H12N4/c1-5-4-10-6(2)7(8)11(5)9-3/h4,8-9H,1-3H3. The van der Waals surface area contributed by atoms with E-state index in [1.54, 1.807) is 17.9 Å². The number of rotatable bonds is 1. The molecule has 1 heterocycles. The van der Waals surface area contributed by atoms with Crippen LogP contribution in [0.15, 0.2) is 6.20 Å². The molecule has 0 aliphatic carbocycles. The van der Waals surface area contributed by atoms with E-state index in [0.717, 1.165) is 11.4 Å². The fraction of sp³-hybridized carbons (Fsp3) is 0.429. The number of nitrogens with one attached hydrogen (secondary N) is 2. The van der Waals surface area contributed by atoms with Gasteiger partial charge in [-0.05, 0) is 13.8 Å². The lowest BCUT2D eigenvalue weighted by Crippen LogP contribution is -2.30. The molecule has 0 spiro atoms. The maximum atomic E-state index is 7.57. The highest BCUT2D eigenvalue weighted by atomic mass is 15.4. The van der Waals surface area contributed by atoms with Crippen molar-refractivity contribution in [2.24, 2.45) is 0 Å². The molecule has 0 radical (unpaired) electrons. The van der Waals surface area contributed by atoms with E-state index < -0.39 is 0 Å². The molecule has 4 heteroatoms. The average molecular weight is 152 g/mol. The van der Waals surface area contributed by atoms with Gasteiger partial charge < -0.3 is 5.43 Å². The zero-order valence-electron chi connectivity index (χ0n) is 6.97. The topological polar surface area (TPSA) is 53.7 Å². The van der Waals surface area contributed by atoms with E-state index in [-0.39, 0.29) is 0 Å². The highest BCUT2D eigenvalue weighted by molar-refractivity contribution is 5.02. The molecule has 1 aromatic heterocycles. The van der Waals surface area contributed by atoms with Crippen LogP contribution >= 0.6 is 0 Å². The van der Waals surface area contributed by atoms with E-state index in [0.29, 0.717) is 5.49 Å². The van der Waals surface area contributed by atoms with E-state index >= 15 is 0 Å². The van der Waals surface area contributed by atoms with Crippen molar-refractivity contribution in [1.29, 1.82) is 5.41 Å². The second kappa shape index (κ2) is 2.74. The third-order valence-electron chi connectivity index (χ3n) is 1.59. The van der Waals surface area contributed by atoms with Gasteiger partial charge in [0.1, 0.15) is 0 Å². The van der Waals surface area contributed by atoms with Gasteiger partial charge in [-0.15, -0.1) is 0 Å². The van der Waals surface area contributed by atoms with Gasteiger partial charge in [0.15, 0.2) is 5.49 Å². The quantitative estimate of drug-likeness (QED) is 0.602. The molecule has 60 valence electrons. The van der Waals surface area contributed by atoms with Crippen LogP contribution in [0.2, 0.25) is 0 Å². The summed E-state index contributed by atoms with van der Waals surface area (Å²) < 4.78 is 1.68. The zero-order valence-corrected chi connectivity index (χ0v) is 6.97. The fourth-order valence-corrected chi connectivity index (χ4v) is 0.935. The maximum absolute atomic E-state index is 7.57. The minimum atomic E-state index is 0.410. The van der Waals surface area contributed by atoms with E-state index in [9.17, 15) is 0 Å². The molecule has 0 unspecified atom stereocenters. The van der Waals surface area contributed by atoms with Gasteiger partial charge in [-0.25, -0.2) is 4.68 Å². The molecule has 0 amide bonds. The molecule has 0 atom stereocenters. The van der Waals surface area contributed by atoms with Crippen molar-refractivity contribution < 1.29 is 0 Å². The van der Waals surface area contributed by atoms with Crippen molar-refractivity contribution in [3.05, 3.63) is 23.1 Å². The summed E-state index contributed by atoms with van der Waals surface area (Å²) in [5.41, 5.74) is 4.96. The molecule has 0 aliphatic rings. The Labute approximate surface area is 65.4 Å². The molecule has 0 aliphatic heterocycles. The molecule has 2 N–H and O–H groups in total. The van der Waals surface area contributed by atoms with Crippen LogP contribution in [0.5, 0.6) is 0 Å². The molecule has 0 bridgehead atoms. The molecule has 1 rings (SSSR count).